The standard InChI is InChI=1S/C27H36N4O2/c1-4-5-6-7-24-18-30(17-21-10-14-23(15-11-21)28-20(3)32)27(33)26-16-25(29-31(24)26)22-12-8-19(2)9-13-22/h8-16,20,24-25,28-29,32H,4-7,17-18H2,1-3H3. The molecule has 0 bridgehead atoms. The van der Waals surface area contributed by atoms with E-state index in [1.807, 2.05) is 29.2 Å². The fourth-order valence-corrected chi connectivity index (χ4v) is 4.65. The van der Waals surface area contributed by atoms with E-state index in [0.29, 0.717) is 13.1 Å². The first-order valence-corrected chi connectivity index (χ1v) is 12.1. The maximum atomic E-state index is 13.5. The van der Waals surface area contributed by atoms with E-state index >= 15 is 0 Å². The van der Waals surface area contributed by atoms with Gasteiger partial charge in [-0.25, -0.2) is 5.43 Å². The van der Waals surface area contributed by atoms with Crippen molar-refractivity contribution in [2.75, 3.05) is 11.9 Å². The first kappa shape index (κ1) is 23.3. The number of aliphatic hydroxyl groups is 1. The summed E-state index contributed by atoms with van der Waals surface area (Å²) in [5.74, 6) is 0.0787. The molecule has 2 aliphatic rings. The van der Waals surface area contributed by atoms with Crippen LogP contribution < -0.4 is 10.7 Å². The highest BCUT2D eigenvalue weighted by atomic mass is 16.3. The molecule has 4 rings (SSSR count). The third kappa shape index (κ3) is 5.57. The number of fused-ring (bicyclic) bond motifs is 1. The van der Waals surface area contributed by atoms with Crippen LogP contribution in [0.5, 0.6) is 0 Å². The quantitative estimate of drug-likeness (QED) is 0.390. The number of aliphatic hydroxyl groups excluding tert-OH is 1. The van der Waals surface area contributed by atoms with Gasteiger partial charge in [-0.05, 0) is 49.6 Å². The van der Waals surface area contributed by atoms with Gasteiger partial charge in [0.05, 0.1) is 12.1 Å². The van der Waals surface area contributed by atoms with E-state index in [4.69, 9.17) is 0 Å². The van der Waals surface area contributed by atoms with Gasteiger partial charge in [0, 0.05) is 18.8 Å². The van der Waals surface area contributed by atoms with E-state index in [1.165, 1.54) is 24.0 Å². The normalized spacial score (nSPS) is 21.1. The fraction of sp³-hybridized carbons (Fsp3) is 0.444. The number of aryl methyl sites for hydroxylation is 1. The number of hydrogen-bond acceptors (Lipinski definition) is 5. The van der Waals surface area contributed by atoms with Crippen LogP contribution >= 0.6 is 0 Å². The Kier molecular flexibility index (Phi) is 7.36. The average Bonchev–Trinajstić information content (AvgIpc) is 3.24. The molecule has 0 aromatic heterocycles. The number of carbonyl (C=O) groups is 1. The molecular weight excluding hydrogens is 412 g/mol. The van der Waals surface area contributed by atoms with Crippen molar-refractivity contribution in [3.63, 3.8) is 0 Å². The number of unbranched alkanes of at least 4 members (excludes halogenated alkanes) is 2. The number of rotatable bonds is 9. The van der Waals surface area contributed by atoms with Crippen LogP contribution in [0.3, 0.4) is 0 Å². The highest BCUT2D eigenvalue weighted by Gasteiger charge is 2.40. The van der Waals surface area contributed by atoms with Crippen LogP contribution in [0.4, 0.5) is 5.69 Å². The molecule has 2 aliphatic heterocycles. The second-order valence-corrected chi connectivity index (χ2v) is 9.29. The van der Waals surface area contributed by atoms with Gasteiger partial charge in [-0.1, -0.05) is 68.1 Å². The van der Waals surface area contributed by atoms with E-state index in [0.717, 1.165) is 29.8 Å². The van der Waals surface area contributed by atoms with E-state index < -0.39 is 6.23 Å². The minimum Gasteiger partial charge on any atom is -0.374 e. The number of anilines is 1. The molecule has 2 aromatic carbocycles. The molecular formula is C27H36N4O2. The number of benzene rings is 2. The zero-order chi connectivity index (χ0) is 23.4. The fourth-order valence-electron chi connectivity index (χ4n) is 4.65. The number of hydrogen-bond donors (Lipinski definition) is 3. The largest absolute Gasteiger partial charge is 0.374 e. The molecule has 0 radical (unpaired) electrons. The summed E-state index contributed by atoms with van der Waals surface area (Å²) >= 11 is 0. The number of nitrogens with zero attached hydrogens (tertiary/aromatic N) is 2. The number of hydrazine groups is 1. The second kappa shape index (κ2) is 10.4. The third-order valence-corrected chi connectivity index (χ3v) is 6.45. The van der Waals surface area contributed by atoms with Gasteiger partial charge in [0.2, 0.25) is 0 Å². The Morgan fingerprint density at radius 2 is 1.85 bits per heavy atom. The molecule has 3 unspecified atom stereocenters. The summed E-state index contributed by atoms with van der Waals surface area (Å²) in [5.41, 5.74) is 8.73. The molecule has 1 fully saturated rings. The molecule has 6 heteroatoms. The van der Waals surface area contributed by atoms with Crippen molar-refractivity contribution in [2.45, 2.75) is 71.3 Å². The number of carbonyl (C=O) groups excluding carboxylic acids is 1. The van der Waals surface area contributed by atoms with Crippen LogP contribution in [-0.2, 0) is 11.3 Å². The van der Waals surface area contributed by atoms with Gasteiger partial charge in [0.1, 0.15) is 11.9 Å². The molecule has 2 heterocycles. The summed E-state index contributed by atoms with van der Waals surface area (Å²) in [7, 11) is 0. The average molecular weight is 449 g/mol. The Morgan fingerprint density at radius 3 is 2.52 bits per heavy atom. The first-order valence-electron chi connectivity index (χ1n) is 12.1. The highest BCUT2D eigenvalue weighted by molar-refractivity contribution is 5.94. The van der Waals surface area contributed by atoms with Crippen molar-refractivity contribution in [3.05, 3.63) is 77.0 Å². The van der Waals surface area contributed by atoms with Crippen molar-refractivity contribution in [2.24, 2.45) is 0 Å². The number of piperazine rings is 1. The van der Waals surface area contributed by atoms with Crippen molar-refractivity contribution < 1.29 is 9.90 Å². The Hall–Kier alpha value is -2.83. The minimum atomic E-state index is -0.599. The molecule has 33 heavy (non-hydrogen) atoms. The van der Waals surface area contributed by atoms with Gasteiger partial charge >= 0.3 is 0 Å². The Balaban J connectivity index is 1.53. The molecule has 1 amide bonds. The monoisotopic (exact) mass is 448 g/mol. The van der Waals surface area contributed by atoms with Crippen LogP contribution in [0.1, 0.15) is 62.3 Å². The molecule has 1 saturated heterocycles. The lowest BCUT2D eigenvalue weighted by molar-refractivity contribution is -0.135. The second-order valence-electron chi connectivity index (χ2n) is 9.29. The molecule has 3 atom stereocenters. The smallest absolute Gasteiger partial charge is 0.271 e. The first-order chi connectivity index (χ1) is 15.9. The van der Waals surface area contributed by atoms with Crippen LogP contribution in [0.15, 0.2) is 60.3 Å². The van der Waals surface area contributed by atoms with Gasteiger partial charge < -0.3 is 15.3 Å². The Bertz CT molecular complexity index is 969. The molecule has 6 nitrogen and oxygen atoms in total. The SMILES string of the molecule is CCCCCC1CN(Cc2ccc(NC(C)O)cc2)C(=O)C2=CC(c3ccc(C)cc3)NN21. The van der Waals surface area contributed by atoms with Crippen molar-refractivity contribution in [1.82, 2.24) is 15.3 Å². The van der Waals surface area contributed by atoms with Crippen molar-refractivity contribution in [1.29, 1.82) is 0 Å². The maximum Gasteiger partial charge on any atom is 0.271 e. The van der Waals surface area contributed by atoms with Gasteiger partial charge in [-0.15, -0.1) is 0 Å². The van der Waals surface area contributed by atoms with Crippen LogP contribution in [0.25, 0.3) is 0 Å². The molecule has 176 valence electrons. The lowest BCUT2D eigenvalue weighted by Crippen LogP contribution is -2.56. The summed E-state index contributed by atoms with van der Waals surface area (Å²) in [5, 5.41) is 14.6. The topological polar surface area (TPSA) is 67.8 Å². The van der Waals surface area contributed by atoms with Crippen molar-refractivity contribution in [3.8, 4) is 0 Å². The molecule has 2 aromatic rings. The highest BCUT2D eigenvalue weighted by Crippen LogP contribution is 2.33. The zero-order valence-electron chi connectivity index (χ0n) is 19.9. The van der Waals surface area contributed by atoms with Crippen LogP contribution in [0, 0.1) is 6.92 Å². The van der Waals surface area contributed by atoms with E-state index in [-0.39, 0.29) is 18.0 Å². The van der Waals surface area contributed by atoms with Gasteiger partial charge in [-0.3, -0.25) is 9.80 Å². The number of nitrogens with one attached hydrogen (secondary N) is 2. The Labute approximate surface area is 197 Å². The lowest BCUT2D eigenvalue weighted by Gasteiger charge is -2.41. The van der Waals surface area contributed by atoms with E-state index in [1.54, 1.807) is 6.92 Å². The third-order valence-electron chi connectivity index (χ3n) is 6.45. The summed E-state index contributed by atoms with van der Waals surface area (Å²) in [6.07, 6.45) is 6.09. The van der Waals surface area contributed by atoms with E-state index in [2.05, 4.69) is 59.9 Å². The summed E-state index contributed by atoms with van der Waals surface area (Å²) < 4.78 is 0. The zero-order valence-corrected chi connectivity index (χ0v) is 19.9. The Morgan fingerprint density at radius 1 is 1.12 bits per heavy atom. The molecule has 3 N–H and O–H groups in total. The maximum absolute atomic E-state index is 13.5. The summed E-state index contributed by atoms with van der Waals surface area (Å²) in [4.78, 5) is 15.4. The molecule has 0 saturated carbocycles. The minimum absolute atomic E-state index is 0.0176. The van der Waals surface area contributed by atoms with Gasteiger partial charge in [-0.2, -0.15) is 0 Å². The van der Waals surface area contributed by atoms with E-state index in [9.17, 15) is 9.90 Å². The predicted octanol–water partition coefficient (Wildman–Crippen LogP) is 4.48. The van der Waals surface area contributed by atoms with Gasteiger partial charge in [0.25, 0.3) is 5.91 Å². The summed E-state index contributed by atoms with van der Waals surface area (Å²) in [6, 6.07) is 16.7. The van der Waals surface area contributed by atoms with Crippen molar-refractivity contribution >= 4 is 11.6 Å². The summed E-state index contributed by atoms with van der Waals surface area (Å²) in [6.45, 7) is 7.29. The number of amides is 1. The van der Waals surface area contributed by atoms with Crippen LogP contribution in [-0.4, -0.2) is 39.7 Å². The van der Waals surface area contributed by atoms with Crippen LogP contribution in [0.2, 0.25) is 0 Å². The predicted molar refractivity (Wildman–Crippen MR) is 132 cm³/mol. The molecule has 0 aliphatic carbocycles. The lowest BCUT2D eigenvalue weighted by atomic mass is 10.0. The van der Waals surface area contributed by atoms with Gasteiger partial charge in [0.15, 0.2) is 0 Å². The molecule has 0 spiro atoms.